The molecular weight excluding hydrogens is 280 g/mol. The van der Waals surface area contributed by atoms with Crippen LogP contribution in [-0.4, -0.2) is 40.5 Å². The Labute approximate surface area is 123 Å². The van der Waals surface area contributed by atoms with Gasteiger partial charge in [-0.1, -0.05) is 25.4 Å². The predicted octanol–water partition coefficient (Wildman–Crippen LogP) is 2.80. The summed E-state index contributed by atoms with van der Waals surface area (Å²) >= 11 is 5.93. The first-order valence-electron chi connectivity index (χ1n) is 6.46. The number of halogens is 1. The molecule has 0 atom stereocenters. The van der Waals surface area contributed by atoms with Crippen LogP contribution in [0.5, 0.6) is 0 Å². The second kappa shape index (κ2) is 7.24. The molecule has 0 bridgehead atoms. The molecule has 0 aliphatic carbocycles. The monoisotopic (exact) mass is 298 g/mol. The SMILES string of the molecule is CC(C)c1cc(C(=O)N(C)CCCC(=O)O)cc(Cl)n1. The number of carboxylic acid groups (broad SMARTS) is 1. The Morgan fingerprint density at radius 3 is 2.60 bits per heavy atom. The molecule has 0 saturated carbocycles. The number of hydrogen-bond acceptors (Lipinski definition) is 3. The third-order valence-electron chi connectivity index (χ3n) is 2.88. The summed E-state index contributed by atoms with van der Waals surface area (Å²) in [7, 11) is 1.65. The number of hydrogen-bond donors (Lipinski definition) is 1. The Kier molecular flexibility index (Phi) is 5.95. The molecule has 20 heavy (non-hydrogen) atoms. The summed E-state index contributed by atoms with van der Waals surface area (Å²) in [5.74, 6) is -0.862. The first-order chi connectivity index (χ1) is 9.31. The van der Waals surface area contributed by atoms with Crippen molar-refractivity contribution in [1.82, 2.24) is 9.88 Å². The van der Waals surface area contributed by atoms with Crippen LogP contribution in [0.15, 0.2) is 12.1 Å². The Bertz CT molecular complexity index is 503. The number of nitrogens with zero attached hydrogens (tertiary/aromatic N) is 2. The molecule has 1 amide bonds. The standard InChI is InChI=1S/C14H19ClN2O3/c1-9(2)11-7-10(8-12(15)16-11)14(20)17(3)6-4-5-13(18)19/h7-9H,4-6H2,1-3H3,(H,18,19). The molecule has 0 fully saturated rings. The van der Waals surface area contributed by atoms with Crippen molar-refractivity contribution < 1.29 is 14.7 Å². The second-order valence-electron chi connectivity index (χ2n) is 4.98. The number of aliphatic carboxylic acids is 1. The maximum Gasteiger partial charge on any atom is 0.303 e. The molecular formula is C14H19ClN2O3. The number of rotatable bonds is 6. The van der Waals surface area contributed by atoms with E-state index in [0.29, 0.717) is 23.7 Å². The lowest BCUT2D eigenvalue weighted by molar-refractivity contribution is -0.137. The largest absolute Gasteiger partial charge is 0.481 e. The molecule has 6 heteroatoms. The van der Waals surface area contributed by atoms with Gasteiger partial charge in [-0.3, -0.25) is 9.59 Å². The topological polar surface area (TPSA) is 70.5 Å². The van der Waals surface area contributed by atoms with Gasteiger partial charge in [0, 0.05) is 31.3 Å². The van der Waals surface area contributed by atoms with Crippen molar-refractivity contribution in [1.29, 1.82) is 0 Å². The van der Waals surface area contributed by atoms with E-state index in [-0.39, 0.29) is 18.2 Å². The zero-order valence-corrected chi connectivity index (χ0v) is 12.6. The van der Waals surface area contributed by atoms with E-state index in [0.717, 1.165) is 5.69 Å². The molecule has 5 nitrogen and oxygen atoms in total. The minimum atomic E-state index is -0.861. The van der Waals surface area contributed by atoms with E-state index < -0.39 is 5.97 Å². The lowest BCUT2D eigenvalue weighted by atomic mass is 10.1. The van der Waals surface area contributed by atoms with E-state index in [9.17, 15) is 9.59 Å². The van der Waals surface area contributed by atoms with Gasteiger partial charge in [-0.15, -0.1) is 0 Å². The molecule has 0 saturated heterocycles. The van der Waals surface area contributed by atoms with Gasteiger partial charge in [0.2, 0.25) is 0 Å². The van der Waals surface area contributed by atoms with E-state index in [1.807, 2.05) is 13.8 Å². The molecule has 1 aromatic heterocycles. The summed E-state index contributed by atoms with van der Waals surface area (Å²) in [6.07, 6.45) is 0.472. The Hall–Kier alpha value is -1.62. The summed E-state index contributed by atoms with van der Waals surface area (Å²) in [6, 6.07) is 3.26. The van der Waals surface area contributed by atoms with Crippen molar-refractivity contribution in [2.24, 2.45) is 0 Å². The summed E-state index contributed by atoms with van der Waals surface area (Å²) in [5, 5.41) is 8.88. The van der Waals surface area contributed by atoms with Crippen molar-refractivity contribution in [2.45, 2.75) is 32.6 Å². The molecule has 1 heterocycles. The third kappa shape index (κ3) is 4.81. The van der Waals surface area contributed by atoms with Gasteiger partial charge in [-0.25, -0.2) is 4.98 Å². The molecule has 0 aliphatic rings. The van der Waals surface area contributed by atoms with E-state index in [1.165, 1.54) is 11.0 Å². The van der Waals surface area contributed by atoms with Crippen LogP contribution in [0.2, 0.25) is 5.15 Å². The van der Waals surface area contributed by atoms with Gasteiger partial charge in [0.15, 0.2) is 0 Å². The van der Waals surface area contributed by atoms with E-state index >= 15 is 0 Å². The lowest BCUT2D eigenvalue weighted by Crippen LogP contribution is -2.28. The zero-order valence-electron chi connectivity index (χ0n) is 11.9. The van der Waals surface area contributed by atoms with E-state index in [1.54, 1.807) is 13.1 Å². The smallest absolute Gasteiger partial charge is 0.303 e. The summed E-state index contributed by atoms with van der Waals surface area (Å²) < 4.78 is 0. The van der Waals surface area contributed by atoms with Gasteiger partial charge in [0.25, 0.3) is 5.91 Å². The first-order valence-corrected chi connectivity index (χ1v) is 6.83. The molecule has 0 radical (unpaired) electrons. The fourth-order valence-corrected chi connectivity index (χ4v) is 1.94. The average Bonchev–Trinajstić information content (AvgIpc) is 2.36. The van der Waals surface area contributed by atoms with Crippen molar-refractivity contribution in [3.63, 3.8) is 0 Å². The van der Waals surface area contributed by atoms with E-state index in [2.05, 4.69) is 4.98 Å². The lowest BCUT2D eigenvalue weighted by Gasteiger charge is -2.17. The number of carbonyl (C=O) groups is 2. The average molecular weight is 299 g/mol. The van der Waals surface area contributed by atoms with Crippen LogP contribution in [0.3, 0.4) is 0 Å². The fraction of sp³-hybridized carbons (Fsp3) is 0.500. The maximum atomic E-state index is 12.2. The Balaban J connectivity index is 2.78. The van der Waals surface area contributed by atoms with Gasteiger partial charge in [0.1, 0.15) is 5.15 Å². The molecule has 1 rings (SSSR count). The Morgan fingerprint density at radius 2 is 2.05 bits per heavy atom. The van der Waals surface area contributed by atoms with Gasteiger partial charge < -0.3 is 10.0 Å². The highest BCUT2D eigenvalue weighted by molar-refractivity contribution is 6.29. The highest BCUT2D eigenvalue weighted by Crippen LogP contribution is 2.18. The highest BCUT2D eigenvalue weighted by Gasteiger charge is 2.15. The minimum Gasteiger partial charge on any atom is -0.481 e. The van der Waals surface area contributed by atoms with Crippen LogP contribution in [0.4, 0.5) is 0 Å². The summed E-state index contributed by atoms with van der Waals surface area (Å²) in [5.41, 5.74) is 1.24. The van der Waals surface area contributed by atoms with Gasteiger partial charge in [-0.2, -0.15) is 0 Å². The van der Waals surface area contributed by atoms with Crippen molar-refractivity contribution in [2.75, 3.05) is 13.6 Å². The van der Waals surface area contributed by atoms with Crippen LogP contribution < -0.4 is 0 Å². The number of carboxylic acids is 1. The fourth-order valence-electron chi connectivity index (χ4n) is 1.73. The van der Waals surface area contributed by atoms with Crippen LogP contribution in [-0.2, 0) is 4.79 Å². The van der Waals surface area contributed by atoms with Crippen molar-refractivity contribution >= 4 is 23.5 Å². The number of aromatic nitrogens is 1. The predicted molar refractivity (Wildman–Crippen MR) is 77.2 cm³/mol. The van der Waals surface area contributed by atoms with Crippen LogP contribution in [0, 0.1) is 0 Å². The molecule has 0 unspecified atom stereocenters. The minimum absolute atomic E-state index is 0.0476. The third-order valence-corrected chi connectivity index (χ3v) is 3.08. The summed E-state index contributed by atoms with van der Waals surface area (Å²) in [4.78, 5) is 28.4. The second-order valence-corrected chi connectivity index (χ2v) is 5.37. The maximum absolute atomic E-state index is 12.2. The Morgan fingerprint density at radius 1 is 1.40 bits per heavy atom. The van der Waals surface area contributed by atoms with Crippen LogP contribution in [0.25, 0.3) is 0 Å². The summed E-state index contributed by atoms with van der Waals surface area (Å²) in [6.45, 7) is 4.34. The van der Waals surface area contributed by atoms with Crippen molar-refractivity contribution in [3.8, 4) is 0 Å². The molecule has 0 spiro atoms. The number of pyridine rings is 1. The highest BCUT2D eigenvalue weighted by atomic mass is 35.5. The van der Waals surface area contributed by atoms with Crippen LogP contribution in [0.1, 0.15) is 48.7 Å². The molecule has 1 aromatic rings. The number of amides is 1. The normalized spacial score (nSPS) is 10.7. The molecule has 0 aliphatic heterocycles. The van der Waals surface area contributed by atoms with Gasteiger partial charge in [-0.05, 0) is 24.5 Å². The molecule has 110 valence electrons. The number of carbonyl (C=O) groups excluding carboxylic acids is 1. The van der Waals surface area contributed by atoms with Gasteiger partial charge in [0.05, 0.1) is 0 Å². The first kappa shape index (κ1) is 16.4. The van der Waals surface area contributed by atoms with Crippen molar-refractivity contribution in [3.05, 3.63) is 28.5 Å². The zero-order chi connectivity index (χ0) is 15.3. The van der Waals surface area contributed by atoms with Crippen LogP contribution >= 0.6 is 11.6 Å². The quantitative estimate of drug-likeness (QED) is 0.820. The van der Waals surface area contributed by atoms with Gasteiger partial charge >= 0.3 is 5.97 Å². The molecule has 1 N–H and O–H groups in total. The molecule has 0 aromatic carbocycles. The van der Waals surface area contributed by atoms with E-state index in [4.69, 9.17) is 16.7 Å².